The summed E-state index contributed by atoms with van der Waals surface area (Å²) < 4.78 is 0. The summed E-state index contributed by atoms with van der Waals surface area (Å²) >= 11 is 0. The third-order valence-electron chi connectivity index (χ3n) is 4.54. The number of nitrogens with zero attached hydrogens (tertiary/aromatic N) is 3. The molecule has 0 unspecified atom stereocenters. The maximum atomic E-state index is 12.6. The van der Waals surface area contributed by atoms with Gasteiger partial charge in [0.1, 0.15) is 0 Å². The van der Waals surface area contributed by atoms with Crippen LogP contribution < -0.4 is 9.80 Å². The molecule has 2 aliphatic heterocycles. The van der Waals surface area contributed by atoms with E-state index in [2.05, 4.69) is 29.2 Å². The molecule has 0 saturated carbocycles. The van der Waals surface area contributed by atoms with Crippen molar-refractivity contribution in [2.75, 3.05) is 36.0 Å². The number of fused-ring (bicyclic) bond motifs is 1. The highest BCUT2D eigenvalue weighted by atomic mass is 16.2. The Bertz CT molecular complexity index is 659. The summed E-state index contributed by atoms with van der Waals surface area (Å²) in [5.74, 6) is 0. The van der Waals surface area contributed by atoms with Crippen molar-refractivity contribution < 1.29 is 4.79 Å². The summed E-state index contributed by atoms with van der Waals surface area (Å²) in [6.07, 6.45) is 0. The SMILES string of the molecule is O=C1N(c2ccccc2)C[C@H]2CN(c3ccccc3)CCN12. The van der Waals surface area contributed by atoms with E-state index in [1.165, 1.54) is 5.69 Å². The first kappa shape index (κ1) is 13.2. The molecule has 2 aliphatic rings. The number of carbonyl (C=O) groups is 1. The minimum Gasteiger partial charge on any atom is -0.368 e. The average molecular weight is 293 g/mol. The summed E-state index contributed by atoms with van der Waals surface area (Å²) in [5.41, 5.74) is 2.24. The van der Waals surface area contributed by atoms with Gasteiger partial charge in [-0.3, -0.25) is 4.90 Å². The number of carbonyl (C=O) groups excluding carboxylic acids is 1. The molecule has 2 aromatic carbocycles. The van der Waals surface area contributed by atoms with Crippen LogP contribution in [0.3, 0.4) is 0 Å². The fraction of sp³-hybridized carbons (Fsp3) is 0.278. The van der Waals surface area contributed by atoms with E-state index in [4.69, 9.17) is 0 Å². The number of rotatable bonds is 2. The first-order valence-electron chi connectivity index (χ1n) is 7.76. The van der Waals surface area contributed by atoms with E-state index < -0.39 is 0 Å². The van der Waals surface area contributed by atoms with Crippen molar-refractivity contribution >= 4 is 17.4 Å². The molecule has 0 radical (unpaired) electrons. The van der Waals surface area contributed by atoms with Crippen molar-refractivity contribution in [3.05, 3.63) is 60.7 Å². The zero-order chi connectivity index (χ0) is 14.9. The molecule has 2 amide bonds. The molecule has 4 nitrogen and oxygen atoms in total. The third-order valence-corrected chi connectivity index (χ3v) is 4.54. The summed E-state index contributed by atoms with van der Waals surface area (Å²) in [5, 5.41) is 0. The van der Waals surface area contributed by atoms with Gasteiger partial charge in [-0.2, -0.15) is 0 Å². The van der Waals surface area contributed by atoms with Gasteiger partial charge in [-0.25, -0.2) is 4.79 Å². The maximum absolute atomic E-state index is 12.6. The van der Waals surface area contributed by atoms with Crippen molar-refractivity contribution in [3.63, 3.8) is 0 Å². The molecular weight excluding hydrogens is 274 g/mol. The summed E-state index contributed by atoms with van der Waals surface area (Å²) in [6.45, 7) is 3.36. The molecule has 2 fully saturated rings. The first-order valence-corrected chi connectivity index (χ1v) is 7.76. The van der Waals surface area contributed by atoms with E-state index in [1.54, 1.807) is 0 Å². The van der Waals surface area contributed by atoms with Crippen LogP contribution in [-0.2, 0) is 0 Å². The summed E-state index contributed by atoms with van der Waals surface area (Å²) in [4.78, 5) is 18.9. The molecule has 2 heterocycles. The molecule has 0 bridgehead atoms. The Balaban J connectivity index is 1.53. The van der Waals surface area contributed by atoms with Crippen LogP contribution in [0.15, 0.2) is 60.7 Å². The highest BCUT2D eigenvalue weighted by molar-refractivity contribution is 5.94. The second-order valence-electron chi connectivity index (χ2n) is 5.86. The summed E-state index contributed by atoms with van der Waals surface area (Å²) in [6, 6.07) is 20.8. The lowest BCUT2D eigenvalue weighted by Crippen LogP contribution is -2.52. The van der Waals surface area contributed by atoms with E-state index in [0.29, 0.717) is 0 Å². The van der Waals surface area contributed by atoms with Crippen molar-refractivity contribution in [1.82, 2.24) is 4.90 Å². The highest BCUT2D eigenvalue weighted by Gasteiger charge is 2.41. The Hall–Kier alpha value is -2.49. The van der Waals surface area contributed by atoms with Gasteiger partial charge >= 0.3 is 6.03 Å². The second-order valence-corrected chi connectivity index (χ2v) is 5.86. The van der Waals surface area contributed by atoms with Crippen LogP contribution in [0.2, 0.25) is 0 Å². The van der Waals surface area contributed by atoms with Crippen LogP contribution in [0.1, 0.15) is 0 Å². The fourth-order valence-corrected chi connectivity index (χ4v) is 3.40. The van der Waals surface area contributed by atoms with Crippen LogP contribution in [0.5, 0.6) is 0 Å². The van der Waals surface area contributed by atoms with Gasteiger partial charge in [0.15, 0.2) is 0 Å². The van der Waals surface area contributed by atoms with Gasteiger partial charge in [-0.15, -0.1) is 0 Å². The number of amides is 2. The quantitative estimate of drug-likeness (QED) is 0.851. The predicted octanol–water partition coefficient (Wildman–Crippen LogP) is 2.82. The standard InChI is InChI=1S/C18H19N3O/c22-18-20-12-11-19(15-7-3-1-4-8-15)13-17(20)14-21(18)16-9-5-2-6-10-16/h1-10,17H,11-14H2/t17-/m1/s1. The predicted molar refractivity (Wildman–Crippen MR) is 88.3 cm³/mol. The zero-order valence-corrected chi connectivity index (χ0v) is 12.4. The van der Waals surface area contributed by atoms with Gasteiger partial charge < -0.3 is 9.80 Å². The molecule has 22 heavy (non-hydrogen) atoms. The number of hydrogen-bond donors (Lipinski definition) is 0. The molecule has 0 spiro atoms. The average Bonchev–Trinajstić information content (AvgIpc) is 2.93. The van der Waals surface area contributed by atoms with Gasteiger partial charge in [-0.05, 0) is 24.3 Å². The Kier molecular flexibility index (Phi) is 3.22. The molecule has 4 heteroatoms. The van der Waals surface area contributed by atoms with Crippen molar-refractivity contribution in [2.45, 2.75) is 6.04 Å². The normalized spacial score (nSPS) is 21.2. The molecule has 0 aliphatic carbocycles. The van der Waals surface area contributed by atoms with E-state index in [-0.39, 0.29) is 12.1 Å². The van der Waals surface area contributed by atoms with Crippen molar-refractivity contribution in [2.24, 2.45) is 0 Å². The van der Waals surface area contributed by atoms with Gasteiger partial charge in [0.2, 0.25) is 0 Å². The Morgan fingerprint density at radius 3 is 2.09 bits per heavy atom. The lowest BCUT2D eigenvalue weighted by Gasteiger charge is -2.37. The first-order chi connectivity index (χ1) is 10.8. The van der Waals surface area contributed by atoms with Crippen molar-refractivity contribution in [1.29, 1.82) is 0 Å². The monoisotopic (exact) mass is 293 g/mol. The van der Waals surface area contributed by atoms with E-state index in [9.17, 15) is 4.79 Å². The van der Waals surface area contributed by atoms with E-state index >= 15 is 0 Å². The lowest BCUT2D eigenvalue weighted by atomic mass is 10.1. The second kappa shape index (κ2) is 5.37. The van der Waals surface area contributed by atoms with Crippen LogP contribution in [0, 0.1) is 0 Å². The minimum atomic E-state index is 0.143. The molecule has 1 atom stereocenters. The molecule has 0 aromatic heterocycles. The zero-order valence-electron chi connectivity index (χ0n) is 12.4. The number of benzene rings is 2. The number of para-hydroxylation sites is 2. The molecule has 0 N–H and O–H groups in total. The van der Waals surface area contributed by atoms with Crippen LogP contribution in [-0.4, -0.2) is 43.2 Å². The number of piperazine rings is 1. The Morgan fingerprint density at radius 2 is 1.41 bits per heavy atom. The largest absolute Gasteiger partial charge is 0.368 e. The maximum Gasteiger partial charge on any atom is 0.324 e. The van der Waals surface area contributed by atoms with Gasteiger partial charge in [-0.1, -0.05) is 36.4 Å². The lowest BCUT2D eigenvalue weighted by molar-refractivity contribution is 0.199. The fourth-order valence-electron chi connectivity index (χ4n) is 3.40. The molecule has 2 saturated heterocycles. The summed E-state index contributed by atoms with van der Waals surface area (Å²) in [7, 11) is 0. The van der Waals surface area contributed by atoms with Gasteiger partial charge in [0, 0.05) is 37.6 Å². The van der Waals surface area contributed by atoms with Crippen molar-refractivity contribution in [3.8, 4) is 0 Å². The molecule has 112 valence electrons. The number of urea groups is 1. The van der Waals surface area contributed by atoms with Gasteiger partial charge in [0.05, 0.1) is 6.04 Å². The van der Waals surface area contributed by atoms with E-state index in [1.807, 2.05) is 46.2 Å². The number of anilines is 2. The minimum absolute atomic E-state index is 0.143. The van der Waals surface area contributed by atoms with Crippen LogP contribution in [0.25, 0.3) is 0 Å². The molecule has 2 aromatic rings. The van der Waals surface area contributed by atoms with E-state index in [0.717, 1.165) is 31.9 Å². The third kappa shape index (κ3) is 2.21. The molecular formula is C18H19N3O. The highest BCUT2D eigenvalue weighted by Crippen LogP contribution is 2.27. The van der Waals surface area contributed by atoms with Gasteiger partial charge in [0.25, 0.3) is 0 Å². The topological polar surface area (TPSA) is 26.8 Å². The smallest absolute Gasteiger partial charge is 0.324 e. The molecule has 4 rings (SSSR count). The Morgan fingerprint density at radius 1 is 0.773 bits per heavy atom. The van der Waals surface area contributed by atoms with Crippen LogP contribution in [0.4, 0.5) is 16.2 Å². The number of hydrogen-bond acceptors (Lipinski definition) is 2. The Labute approximate surface area is 130 Å². The van der Waals surface area contributed by atoms with Crippen LogP contribution >= 0.6 is 0 Å².